The molecule has 0 saturated heterocycles. The summed E-state index contributed by atoms with van der Waals surface area (Å²) in [5.41, 5.74) is 0. The Hall–Kier alpha value is -1.25. The van der Waals surface area contributed by atoms with Crippen LogP contribution in [0.3, 0.4) is 0 Å². The maximum absolute atomic E-state index is 9.72. The molecule has 0 fully saturated rings. The fourth-order valence-corrected chi connectivity index (χ4v) is 0.767. The van der Waals surface area contributed by atoms with E-state index in [1.54, 1.807) is 0 Å². The summed E-state index contributed by atoms with van der Waals surface area (Å²) < 4.78 is 0. The van der Waals surface area contributed by atoms with Crippen molar-refractivity contribution in [1.82, 2.24) is 0 Å². The summed E-state index contributed by atoms with van der Waals surface area (Å²) in [6.07, 6.45) is -1.95. The Labute approximate surface area is 103 Å². The Morgan fingerprint density at radius 1 is 1.12 bits per heavy atom. The number of aliphatic hydroxyl groups is 3. The maximum Gasteiger partial charge on any atom is 0.333 e. The van der Waals surface area contributed by atoms with Gasteiger partial charge in [0.05, 0.1) is 6.42 Å². The molecule has 0 aliphatic rings. The molecule has 0 amide bonds. The van der Waals surface area contributed by atoms with Crippen LogP contribution in [0.4, 0.5) is 0 Å². The highest BCUT2D eigenvalue weighted by molar-refractivity contribution is 7.80. The van der Waals surface area contributed by atoms with E-state index in [2.05, 4.69) is 12.2 Å². The summed E-state index contributed by atoms with van der Waals surface area (Å²) in [7, 11) is 0. The zero-order valence-corrected chi connectivity index (χ0v) is 10.1. The molecular formula is C9H16O7S. The number of carboxylic acid groups (broad SMARTS) is 2. The minimum Gasteiger partial charge on any atom is -0.500 e. The largest absolute Gasteiger partial charge is 0.500 e. The fraction of sp³-hybridized carbons (Fsp3) is 0.667. The van der Waals surface area contributed by atoms with Crippen LogP contribution in [-0.2, 0) is 9.59 Å². The SMILES string of the molecule is CCCC(O)C(O)=S.O=C(O)CC(O)C(=O)O. The fourth-order valence-electron chi connectivity index (χ4n) is 0.650. The van der Waals surface area contributed by atoms with E-state index >= 15 is 0 Å². The normalized spacial score (nSPS) is 12.9. The number of hydrogen-bond acceptors (Lipinski definition) is 5. The van der Waals surface area contributed by atoms with Crippen molar-refractivity contribution >= 4 is 29.2 Å². The molecule has 0 saturated carbocycles. The van der Waals surface area contributed by atoms with Gasteiger partial charge in [-0.05, 0) is 18.6 Å². The maximum atomic E-state index is 9.72. The van der Waals surface area contributed by atoms with E-state index in [1.165, 1.54) is 0 Å². The Kier molecular flexibility index (Phi) is 10.6. The summed E-state index contributed by atoms with van der Waals surface area (Å²) in [6, 6.07) is 0. The van der Waals surface area contributed by atoms with Gasteiger partial charge in [-0.1, -0.05) is 13.3 Å². The lowest BCUT2D eigenvalue weighted by Crippen LogP contribution is -2.22. The van der Waals surface area contributed by atoms with Crippen LogP contribution in [0.1, 0.15) is 26.2 Å². The first-order valence-electron chi connectivity index (χ1n) is 4.75. The molecule has 100 valence electrons. The number of aliphatic hydroxyl groups excluding tert-OH is 3. The third-order valence-corrected chi connectivity index (χ3v) is 1.77. The van der Waals surface area contributed by atoms with E-state index < -0.39 is 30.6 Å². The van der Waals surface area contributed by atoms with Crippen molar-refractivity contribution in [2.75, 3.05) is 0 Å². The number of hydrogen-bond donors (Lipinski definition) is 5. The van der Waals surface area contributed by atoms with Gasteiger partial charge in [-0.2, -0.15) is 0 Å². The molecule has 17 heavy (non-hydrogen) atoms. The molecule has 0 heterocycles. The molecule has 0 aromatic heterocycles. The van der Waals surface area contributed by atoms with Crippen molar-refractivity contribution in [1.29, 1.82) is 0 Å². The van der Waals surface area contributed by atoms with Crippen LogP contribution in [0.25, 0.3) is 0 Å². The highest BCUT2D eigenvalue weighted by atomic mass is 32.1. The van der Waals surface area contributed by atoms with Crippen LogP contribution >= 0.6 is 12.2 Å². The first-order chi connectivity index (χ1) is 7.72. The Bertz CT molecular complexity index is 266. The van der Waals surface area contributed by atoms with Gasteiger partial charge in [-0.15, -0.1) is 0 Å². The van der Waals surface area contributed by atoms with E-state index in [4.69, 9.17) is 25.5 Å². The first-order valence-corrected chi connectivity index (χ1v) is 5.16. The van der Waals surface area contributed by atoms with Crippen molar-refractivity contribution < 1.29 is 35.1 Å². The van der Waals surface area contributed by atoms with Gasteiger partial charge < -0.3 is 25.5 Å². The van der Waals surface area contributed by atoms with Crippen LogP contribution < -0.4 is 0 Å². The van der Waals surface area contributed by atoms with Crippen LogP contribution in [0, 0.1) is 0 Å². The third kappa shape index (κ3) is 12.7. The smallest absolute Gasteiger partial charge is 0.333 e. The summed E-state index contributed by atoms with van der Waals surface area (Å²) in [5.74, 6) is -2.85. The molecular weight excluding hydrogens is 252 g/mol. The van der Waals surface area contributed by atoms with E-state index in [-0.39, 0.29) is 5.05 Å². The predicted molar refractivity (Wildman–Crippen MR) is 62.0 cm³/mol. The molecule has 0 bridgehead atoms. The molecule has 0 aliphatic carbocycles. The van der Waals surface area contributed by atoms with Crippen LogP contribution in [0.15, 0.2) is 0 Å². The molecule has 2 unspecified atom stereocenters. The topological polar surface area (TPSA) is 135 Å². The molecule has 0 aromatic carbocycles. The van der Waals surface area contributed by atoms with Gasteiger partial charge >= 0.3 is 11.9 Å². The summed E-state index contributed by atoms with van der Waals surface area (Å²) in [4.78, 5) is 19.4. The third-order valence-electron chi connectivity index (χ3n) is 1.50. The van der Waals surface area contributed by atoms with Crippen molar-refractivity contribution in [2.45, 2.75) is 38.4 Å². The first kappa shape index (κ1) is 18.1. The molecule has 5 N–H and O–H groups in total. The molecule has 0 spiro atoms. The van der Waals surface area contributed by atoms with Gasteiger partial charge in [-0.25, -0.2) is 4.79 Å². The van der Waals surface area contributed by atoms with E-state index in [9.17, 15) is 9.59 Å². The number of thiocarbonyl (C=S) groups is 1. The number of carbonyl (C=O) groups is 2. The summed E-state index contributed by atoms with van der Waals surface area (Å²) >= 11 is 4.29. The van der Waals surface area contributed by atoms with Gasteiger partial charge in [0.2, 0.25) is 0 Å². The quantitative estimate of drug-likeness (QED) is 0.423. The monoisotopic (exact) mass is 268 g/mol. The average molecular weight is 268 g/mol. The number of carboxylic acids is 2. The van der Waals surface area contributed by atoms with Gasteiger partial charge in [-0.3, -0.25) is 4.79 Å². The van der Waals surface area contributed by atoms with E-state index in [1.807, 2.05) is 6.92 Å². The van der Waals surface area contributed by atoms with Gasteiger partial charge in [0.25, 0.3) is 0 Å². The van der Waals surface area contributed by atoms with E-state index in [0.29, 0.717) is 6.42 Å². The molecule has 0 aliphatic heterocycles. The van der Waals surface area contributed by atoms with Crippen LogP contribution in [0.5, 0.6) is 0 Å². The standard InChI is InChI=1S/C5H10O2S.C4H6O5/c1-2-3-4(6)5(7)8;5-2(4(8)9)1-3(6)7/h4,6H,2-3H2,1H3,(H,7,8);2,5H,1H2,(H,6,7)(H,8,9). The minimum absolute atomic E-state index is 0.299. The van der Waals surface area contributed by atoms with E-state index in [0.717, 1.165) is 6.42 Å². The zero-order valence-electron chi connectivity index (χ0n) is 9.24. The second-order valence-electron chi connectivity index (χ2n) is 3.09. The lowest BCUT2D eigenvalue weighted by atomic mass is 10.2. The predicted octanol–water partition coefficient (Wildman–Crippen LogP) is -0.0606. The number of rotatable bonds is 6. The Morgan fingerprint density at radius 2 is 1.59 bits per heavy atom. The summed E-state index contributed by atoms with van der Waals surface area (Å²) in [6.45, 7) is 1.92. The van der Waals surface area contributed by atoms with Gasteiger partial charge in [0, 0.05) is 0 Å². The Balaban J connectivity index is 0. The number of aliphatic carboxylic acids is 2. The highest BCUT2D eigenvalue weighted by Crippen LogP contribution is 1.95. The highest BCUT2D eigenvalue weighted by Gasteiger charge is 2.16. The van der Waals surface area contributed by atoms with Crippen molar-refractivity contribution in [2.24, 2.45) is 0 Å². The van der Waals surface area contributed by atoms with Gasteiger partial charge in [0.15, 0.2) is 11.2 Å². The van der Waals surface area contributed by atoms with Crippen molar-refractivity contribution in [3.05, 3.63) is 0 Å². The molecule has 0 rings (SSSR count). The van der Waals surface area contributed by atoms with Gasteiger partial charge in [0.1, 0.15) is 6.10 Å². The van der Waals surface area contributed by atoms with Crippen molar-refractivity contribution in [3.8, 4) is 0 Å². The van der Waals surface area contributed by atoms with Crippen molar-refractivity contribution in [3.63, 3.8) is 0 Å². The molecule has 0 radical (unpaired) electrons. The molecule has 7 nitrogen and oxygen atoms in total. The zero-order chi connectivity index (χ0) is 14.0. The molecule has 8 heteroatoms. The Morgan fingerprint density at radius 3 is 1.71 bits per heavy atom. The van der Waals surface area contributed by atoms with Crippen LogP contribution in [-0.4, -0.2) is 54.7 Å². The van der Waals surface area contributed by atoms with Crippen LogP contribution in [0.2, 0.25) is 0 Å². The molecule has 2 atom stereocenters. The summed E-state index contributed by atoms with van der Waals surface area (Å²) in [5, 5.41) is 41.0. The average Bonchev–Trinajstić information content (AvgIpc) is 2.17. The second-order valence-corrected chi connectivity index (χ2v) is 3.51. The lowest BCUT2D eigenvalue weighted by molar-refractivity contribution is -0.152. The molecule has 0 aromatic rings. The minimum atomic E-state index is -1.79. The lowest BCUT2D eigenvalue weighted by Gasteiger charge is -2.02. The second kappa shape index (κ2) is 9.94.